The molecule has 0 saturated heterocycles. The minimum Gasteiger partial charge on any atom is -0.494 e. The SMILES string of the molecule is O=C(O)CCCOc1cccc(-c2c3nc(cc4ccc([nH]4)c(-c4cccc(OCCCC(=O)O)c4)c4nc(cc5ccc2[nH]5)CC4)C=C3)c1. The number of nitrogens with zero attached hydrogens (tertiary/aromatic N) is 2. The second-order valence-electron chi connectivity index (χ2n) is 12.2. The van der Waals surface area contributed by atoms with Gasteiger partial charge in [-0.05, 0) is 110 Å². The van der Waals surface area contributed by atoms with Crippen LogP contribution in [0.4, 0.5) is 0 Å². The van der Waals surface area contributed by atoms with Crippen LogP contribution in [0.2, 0.25) is 0 Å². The Labute approximate surface area is 288 Å². The molecule has 5 aromatic rings. The largest absolute Gasteiger partial charge is 0.494 e. The lowest BCUT2D eigenvalue weighted by atomic mass is 10.0. The van der Waals surface area contributed by atoms with Crippen molar-refractivity contribution < 1.29 is 29.3 Å². The van der Waals surface area contributed by atoms with Crippen molar-refractivity contribution in [2.24, 2.45) is 0 Å². The van der Waals surface area contributed by atoms with Crippen molar-refractivity contribution in [2.75, 3.05) is 13.2 Å². The summed E-state index contributed by atoms with van der Waals surface area (Å²) in [5, 5.41) is 18.0. The predicted molar refractivity (Wildman–Crippen MR) is 193 cm³/mol. The molecular weight excluding hydrogens is 632 g/mol. The number of fused-ring (bicyclic) bond motifs is 8. The number of aryl methyl sites for hydroxylation is 2. The number of aromatic nitrogens is 4. The fourth-order valence-electron chi connectivity index (χ4n) is 6.27. The van der Waals surface area contributed by atoms with Crippen LogP contribution in [-0.4, -0.2) is 55.3 Å². The Bertz CT molecular complexity index is 2270. The maximum Gasteiger partial charge on any atom is 0.303 e. The van der Waals surface area contributed by atoms with Crippen molar-refractivity contribution in [1.82, 2.24) is 19.9 Å². The van der Waals surface area contributed by atoms with E-state index in [1.165, 1.54) is 0 Å². The lowest BCUT2D eigenvalue weighted by Crippen LogP contribution is -2.02. The average molecular weight is 669 g/mol. The van der Waals surface area contributed by atoms with Gasteiger partial charge in [0, 0.05) is 51.7 Å². The molecule has 50 heavy (non-hydrogen) atoms. The summed E-state index contributed by atoms with van der Waals surface area (Å²) in [6.07, 6.45) is 6.52. The van der Waals surface area contributed by atoms with E-state index in [0.29, 0.717) is 37.6 Å². The summed E-state index contributed by atoms with van der Waals surface area (Å²) in [4.78, 5) is 39.2. The first-order valence-electron chi connectivity index (χ1n) is 16.7. The van der Waals surface area contributed by atoms with Crippen LogP contribution in [-0.2, 0) is 22.4 Å². The smallest absolute Gasteiger partial charge is 0.303 e. The number of ether oxygens (including phenoxy) is 2. The summed E-state index contributed by atoms with van der Waals surface area (Å²) in [7, 11) is 0. The number of carboxylic acid groups (broad SMARTS) is 2. The van der Waals surface area contributed by atoms with Crippen molar-refractivity contribution in [3.63, 3.8) is 0 Å². The molecule has 0 amide bonds. The molecule has 0 unspecified atom stereocenters. The Morgan fingerprint density at radius 3 is 1.90 bits per heavy atom. The number of hydrogen-bond donors (Lipinski definition) is 4. The first kappa shape index (κ1) is 32.4. The number of carboxylic acids is 2. The third-order valence-electron chi connectivity index (χ3n) is 8.54. The number of H-pyrrole nitrogens is 2. The van der Waals surface area contributed by atoms with Crippen molar-refractivity contribution >= 4 is 46.2 Å². The van der Waals surface area contributed by atoms with Crippen LogP contribution in [0.5, 0.6) is 11.5 Å². The number of aliphatic carboxylic acids is 2. The molecule has 8 bridgehead atoms. The lowest BCUT2D eigenvalue weighted by Gasteiger charge is -2.09. The fraction of sp³-hybridized carbons (Fsp3) is 0.200. The van der Waals surface area contributed by atoms with Gasteiger partial charge in [-0.1, -0.05) is 24.3 Å². The van der Waals surface area contributed by atoms with Crippen molar-refractivity contribution in [2.45, 2.75) is 38.5 Å². The summed E-state index contributed by atoms with van der Waals surface area (Å²) < 4.78 is 11.8. The molecule has 0 aliphatic carbocycles. The van der Waals surface area contributed by atoms with Gasteiger partial charge in [0.1, 0.15) is 11.5 Å². The van der Waals surface area contributed by atoms with Gasteiger partial charge in [0.15, 0.2) is 0 Å². The van der Waals surface area contributed by atoms with Crippen LogP contribution < -0.4 is 9.47 Å². The molecule has 4 N–H and O–H groups in total. The highest BCUT2D eigenvalue weighted by molar-refractivity contribution is 5.91. The summed E-state index contributed by atoms with van der Waals surface area (Å²) in [6, 6.07) is 27.9. The molecule has 252 valence electrons. The number of rotatable bonds is 12. The van der Waals surface area contributed by atoms with E-state index >= 15 is 0 Å². The summed E-state index contributed by atoms with van der Waals surface area (Å²) >= 11 is 0. The van der Waals surface area contributed by atoms with E-state index in [9.17, 15) is 9.59 Å². The van der Waals surface area contributed by atoms with Gasteiger partial charge in [0.25, 0.3) is 0 Å². The Kier molecular flexibility index (Phi) is 9.41. The van der Waals surface area contributed by atoms with Gasteiger partial charge in [0.2, 0.25) is 0 Å². The molecule has 2 aliphatic rings. The Morgan fingerprint density at radius 1 is 0.660 bits per heavy atom. The van der Waals surface area contributed by atoms with E-state index in [0.717, 1.165) is 79.9 Å². The van der Waals surface area contributed by atoms with E-state index in [2.05, 4.69) is 22.1 Å². The zero-order chi connectivity index (χ0) is 34.5. The van der Waals surface area contributed by atoms with Crippen LogP contribution >= 0.6 is 0 Å². The van der Waals surface area contributed by atoms with Gasteiger partial charge >= 0.3 is 11.9 Å². The predicted octanol–water partition coefficient (Wildman–Crippen LogP) is 8.09. The number of carbonyl (C=O) groups is 2. The summed E-state index contributed by atoms with van der Waals surface area (Å²) in [5.74, 6) is -0.339. The maximum absolute atomic E-state index is 10.9. The number of nitrogens with one attached hydrogen (secondary N) is 2. The van der Waals surface area contributed by atoms with E-state index in [1.807, 2.05) is 84.9 Å². The Balaban J connectivity index is 1.33. The first-order valence-corrected chi connectivity index (χ1v) is 16.7. The molecule has 10 nitrogen and oxygen atoms in total. The zero-order valence-corrected chi connectivity index (χ0v) is 27.3. The number of benzene rings is 2. The summed E-state index contributed by atoms with van der Waals surface area (Å²) in [6.45, 7) is 0.632. The first-order chi connectivity index (χ1) is 24.4. The van der Waals surface area contributed by atoms with Crippen LogP contribution in [0.3, 0.4) is 0 Å². The van der Waals surface area contributed by atoms with E-state index in [4.69, 9.17) is 29.7 Å². The third kappa shape index (κ3) is 7.60. The second-order valence-corrected chi connectivity index (χ2v) is 12.2. The van der Waals surface area contributed by atoms with Gasteiger partial charge in [-0.25, -0.2) is 4.98 Å². The molecular formula is C40H36N4O6. The highest BCUT2D eigenvalue weighted by atomic mass is 16.5. The molecule has 0 fully saturated rings. The van der Waals surface area contributed by atoms with Crippen LogP contribution in [0, 0.1) is 0 Å². The van der Waals surface area contributed by atoms with Crippen molar-refractivity contribution in [3.8, 4) is 33.8 Å². The lowest BCUT2D eigenvalue weighted by molar-refractivity contribution is -0.138. The minimum absolute atomic E-state index is 0.0570. The highest BCUT2D eigenvalue weighted by Crippen LogP contribution is 2.34. The Hall–Kier alpha value is -6.16. The van der Waals surface area contributed by atoms with Gasteiger partial charge in [-0.15, -0.1) is 0 Å². The number of aromatic amines is 2. The third-order valence-corrected chi connectivity index (χ3v) is 8.54. The average Bonchev–Trinajstić information content (AvgIpc) is 3.93. The minimum atomic E-state index is -0.840. The molecule has 0 atom stereocenters. The molecule has 10 heteroatoms. The molecule has 2 aromatic carbocycles. The van der Waals surface area contributed by atoms with Gasteiger partial charge < -0.3 is 29.7 Å². The molecule has 0 spiro atoms. The van der Waals surface area contributed by atoms with Crippen molar-refractivity contribution in [1.29, 1.82) is 0 Å². The van der Waals surface area contributed by atoms with Crippen molar-refractivity contribution in [3.05, 3.63) is 108 Å². The topological polar surface area (TPSA) is 150 Å². The highest BCUT2D eigenvalue weighted by Gasteiger charge is 2.16. The second kappa shape index (κ2) is 14.5. The molecule has 5 heterocycles. The maximum atomic E-state index is 10.9. The van der Waals surface area contributed by atoms with Crippen LogP contribution in [0.1, 0.15) is 48.5 Å². The molecule has 3 aromatic heterocycles. The van der Waals surface area contributed by atoms with E-state index in [-0.39, 0.29) is 12.8 Å². The van der Waals surface area contributed by atoms with Gasteiger partial charge in [0.05, 0.1) is 30.3 Å². The standard InChI is InChI=1S/C40H36N4O6/c45-37(46)9-3-19-49-31-7-1-5-25(21-31)39-33-15-11-27(41-33)23-29-13-17-35(43-29)40(26-6-2-8-32(22-26)50-20-4-10-38(47)48)36-18-14-30(44-36)24-28-12-16-34(39)42-28/h1-2,5-8,11-13,15-17,21-24,42-43H,3-4,9-10,14,18-20H2,(H,45,46)(H,47,48). The Morgan fingerprint density at radius 2 is 1.26 bits per heavy atom. The fourth-order valence-corrected chi connectivity index (χ4v) is 6.27. The summed E-state index contributed by atoms with van der Waals surface area (Å²) in [5.41, 5.74) is 10.9. The zero-order valence-electron chi connectivity index (χ0n) is 27.3. The van der Waals surface area contributed by atoms with Crippen LogP contribution in [0.15, 0.2) is 84.9 Å². The van der Waals surface area contributed by atoms with Gasteiger partial charge in [-0.2, -0.15) is 0 Å². The number of hydrogen-bond acceptors (Lipinski definition) is 6. The molecule has 7 rings (SSSR count). The van der Waals surface area contributed by atoms with Gasteiger partial charge in [-0.3, -0.25) is 14.6 Å². The van der Waals surface area contributed by atoms with Crippen LogP contribution in [0.25, 0.3) is 56.5 Å². The molecule has 2 aliphatic heterocycles. The van der Waals surface area contributed by atoms with E-state index < -0.39 is 11.9 Å². The normalized spacial score (nSPS) is 12.2. The quantitative estimate of drug-likeness (QED) is 0.0956. The monoisotopic (exact) mass is 668 g/mol. The molecule has 0 radical (unpaired) electrons. The molecule has 0 saturated carbocycles. The van der Waals surface area contributed by atoms with E-state index in [1.54, 1.807) is 0 Å².